The summed E-state index contributed by atoms with van der Waals surface area (Å²) in [6.45, 7) is 0. The number of aromatic nitrogens is 4. The molecule has 0 aliphatic heterocycles. The molecule has 0 radical (unpaired) electrons. The van der Waals surface area contributed by atoms with E-state index < -0.39 is 0 Å². The molecule has 13 aromatic rings. The highest BCUT2D eigenvalue weighted by Gasteiger charge is 2.23. The first kappa shape index (κ1) is 34.0. The van der Waals surface area contributed by atoms with Crippen molar-refractivity contribution < 1.29 is 0 Å². The normalized spacial score (nSPS) is 11.9. The lowest BCUT2D eigenvalue weighted by atomic mass is 9.95. The van der Waals surface area contributed by atoms with Crippen LogP contribution in [0.2, 0.25) is 0 Å². The van der Waals surface area contributed by atoms with E-state index in [9.17, 15) is 0 Å². The van der Waals surface area contributed by atoms with Gasteiger partial charge in [-0.15, -0.1) is 11.3 Å². The Bertz CT molecular complexity index is 3860. The molecule has 0 fully saturated rings. The van der Waals surface area contributed by atoms with Crippen molar-refractivity contribution in [2.45, 2.75) is 0 Å². The average molecular weight is 795 g/mol. The van der Waals surface area contributed by atoms with Crippen LogP contribution in [0.3, 0.4) is 0 Å². The molecule has 0 spiro atoms. The molecule has 0 unspecified atom stereocenters. The number of para-hydroxylation sites is 1. The molecule has 4 nitrogen and oxygen atoms in total. The molecule has 0 amide bonds. The Morgan fingerprint density at radius 1 is 0.393 bits per heavy atom. The van der Waals surface area contributed by atoms with E-state index in [2.05, 4.69) is 209 Å². The van der Waals surface area contributed by atoms with E-state index in [-0.39, 0.29) is 0 Å². The van der Waals surface area contributed by atoms with Gasteiger partial charge < -0.3 is 4.57 Å². The molecule has 0 atom stereocenters. The van der Waals surface area contributed by atoms with Gasteiger partial charge in [0.25, 0.3) is 0 Å². The van der Waals surface area contributed by atoms with E-state index in [1.54, 1.807) is 11.3 Å². The molecule has 4 aromatic heterocycles. The summed E-state index contributed by atoms with van der Waals surface area (Å²) in [5.41, 5.74) is 11.3. The van der Waals surface area contributed by atoms with Crippen LogP contribution in [0.5, 0.6) is 0 Å². The molecular weight excluding hydrogens is 761 g/mol. The Morgan fingerprint density at radius 2 is 1.05 bits per heavy atom. The van der Waals surface area contributed by atoms with E-state index >= 15 is 0 Å². The second-order valence-corrected chi connectivity index (χ2v) is 16.8. The predicted octanol–water partition coefficient (Wildman–Crippen LogP) is 15.2. The lowest BCUT2D eigenvalue weighted by Crippen LogP contribution is -2.01. The summed E-state index contributed by atoms with van der Waals surface area (Å²) in [5.74, 6) is 1.60. The van der Waals surface area contributed by atoms with Gasteiger partial charge in [-0.25, -0.2) is 9.97 Å². The van der Waals surface area contributed by atoms with Crippen molar-refractivity contribution in [1.82, 2.24) is 19.1 Å². The van der Waals surface area contributed by atoms with Crippen LogP contribution in [-0.2, 0) is 0 Å². The summed E-state index contributed by atoms with van der Waals surface area (Å²) < 4.78 is 5.89. The highest BCUT2D eigenvalue weighted by Crippen LogP contribution is 2.45. The molecule has 0 saturated heterocycles. The number of nitrogens with zero attached hydrogens (tertiary/aromatic N) is 4. The minimum atomic E-state index is 0.709. The smallest absolute Gasteiger partial charge is 0.162 e. The number of hydrogen-bond acceptors (Lipinski definition) is 3. The molecule has 61 heavy (non-hydrogen) atoms. The summed E-state index contributed by atoms with van der Waals surface area (Å²) in [6, 6.07) is 74.4. The molecule has 9 aromatic carbocycles. The van der Waals surface area contributed by atoms with Gasteiger partial charge in [-0.05, 0) is 75.3 Å². The van der Waals surface area contributed by atoms with Crippen molar-refractivity contribution in [2.75, 3.05) is 0 Å². The van der Waals surface area contributed by atoms with Gasteiger partial charge in [0.2, 0.25) is 0 Å². The fourth-order valence-electron chi connectivity index (χ4n) is 9.62. The lowest BCUT2D eigenvalue weighted by Gasteiger charge is -2.12. The average Bonchev–Trinajstić information content (AvgIpc) is 4.03. The number of hydrogen-bond donors (Lipinski definition) is 0. The molecule has 13 rings (SSSR count). The van der Waals surface area contributed by atoms with Crippen LogP contribution in [0, 0.1) is 0 Å². The van der Waals surface area contributed by atoms with Gasteiger partial charge in [-0.2, -0.15) is 0 Å². The molecule has 0 bridgehead atoms. The second-order valence-electron chi connectivity index (χ2n) is 15.7. The van der Waals surface area contributed by atoms with Gasteiger partial charge in [-0.3, -0.25) is 4.57 Å². The zero-order valence-corrected chi connectivity index (χ0v) is 33.6. The highest BCUT2D eigenvalue weighted by atomic mass is 32.1. The second kappa shape index (κ2) is 13.3. The Kier molecular flexibility index (Phi) is 7.44. The third-order valence-corrected chi connectivity index (χ3v) is 13.5. The first-order valence-electron chi connectivity index (χ1n) is 20.7. The van der Waals surface area contributed by atoms with Crippen LogP contribution < -0.4 is 0 Å². The number of benzene rings is 9. The van der Waals surface area contributed by atoms with Gasteiger partial charge >= 0.3 is 0 Å². The van der Waals surface area contributed by atoms with Gasteiger partial charge in [0.05, 0.1) is 32.3 Å². The van der Waals surface area contributed by atoms with Crippen molar-refractivity contribution in [1.29, 1.82) is 0 Å². The van der Waals surface area contributed by atoms with E-state index in [0.717, 1.165) is 38.3 Å². The summed E-state index contributed by atoms with van der Waals surface area (Å²) in [6.07, 6.45) is 0. The minimum absolute atomic E-state index is 0.709. The first-order valence-corrected chi connectivity index (χ1v) is 21.5. The summed E-state index contributed by atoms with van der Waals surface area (Å²) in [5, 5.41) is 9.75. The number of rotatable bonds is 5. The predicted molar refractivity (Wildman–Crippen MR) is 257 cm³/mol. The van der Waals surface area contributed by atoms with Gasteiger partial charge in [0.15, 0.2) is 11.6 Å². The maximum Gasteiger partial charge on any atom is 0.162 e. The fourth-order valence-corrected chi connectivity index (χ4v) is 10.7. The van der Waals surface area contributed by atoms with Crippen molar-refractivity contribution in [3.63, 3.8) is 0 Å². The van der Waals surface area contributed by atoms with Gasteiger partial charge in [-0.1, -0.05) is 164 Å². The van der Waals surface area contributed by atoms with Crippen molar-refractivity contribution in [3.8, 4) is 44.5 Å². The molecule has 5 heteroatoms. The Labute approximate surface area is 354 Å². The molecule has 4 heterocycles. The molecular formula is C56H34N4S. The summed E-state index contributed by atoms with van der Waals surface area (Å²) >= 11 is 1.76. The lowest BCUT2D eigenvalue weighted by molar-refractivity contribution is 1.08. The SMILES string of the molecule is c1ccc(-c2nc(-n3c4ccc(-c5cccc6c5c5c7ccccc7ccc5n6-c5ccccc5)cc4c4ccc5ccccc5c43)c3sc(-c4ccccc4)cc3n2)cc1. The molecule has 0 aliphatic rings. The van der Waals surface area contributed by atoms with Crippen LogP contribution in [-0.4, -0.2) is 19.1 Å². The van der Waals surface area contributed by atoms with Crippen LogP contribution >= 0.6 is 11.3 Å². The van der Waals surface area contributed by atoms with E-state index in [1.807, 2.05) is 6.07 Å². The maximum absolute atomic E-state index is 5.50. The first-order chi connectivity index (χ1) is 30.3. The fraction of sp³-hybridized carbons (Fsp3) is 0. The zero-order chi connectivity index (χ0) is 40.0. The van der Waals surface area contributed by atoms with Crippen molar-refractivity contribution >= 4 is 86.7 Å². The van der Waals surface area contributed by atoms with Crippen molar-refractivity contribution in [2.24, 2.45) is 0 Å². The van der Waals surface area contributed by atoms with Gasteiger partial charge in [0.1, 0.15) is 0 Å². The topological polar surface area (TPSA) is 35.6 Å². The maximum atomic E-state index is 5.50. The third kappa shape index (κ3) is 5.18. The minimum Gasteiger partial charge on any atom is -0.309 e. The van der Waals surface area contributed by atoms with E-state index in [0.29, 0.717) is 5.82 Å². The molecule has 0 N–H and O–H groups in total. The number of fused-ring (bicyclic) bond motifs is 11. The number of thiophene rings is 1. The molecule has 0 saturated carbocycles. The quantitative estimate of drug-likeness (QED) is 0.174. The van der Waals surface area contributed by atoms with Gasteiger partial charge in [0, 0.05) is 43.1 Å². The Balaban J connectivity index is 1.13. The van der Waals surface area contributed by atoms with Crippen LogP contribution in [0.4, 0.5) is 0 Å². The van der Waals surface area contributed by atoms with E-state index in [4.69, 9.17) is 9.97 Å². The monoisotopic (exact) mass is 794 g/mol. The zero-order valence-electron chi connectivity index (χ0n) is 32.8. The third-order valence-electron chi connectivity index (χ3n) is 12.3. The van der Waals surface area contributed by atoms with Crippen molar-refractivity contribution in [3.05, 3.63) is 206 Å². The summed E-state index contributed by atoms with van der Waals surface area (Å²) in [7, 11) is 0. The Hall–Kier alpha value is -7.86. The Morgan fingerprint density at radius 3 is 1.85 bits per heavy atom. The highest BCUT2D eigenvalue weighted by molar-refractivity contribution is 7.22. The summed E-state index contributed by atoms with van der Waals surface area (Å²) in [4.78, 5) is 11.9. The molecule has 284 valence electrons. The van der Waals surface area contributed by atoms with E-state index in [1.165, 1.54) is 75.7 Å². The van der Waals surface area contributed by atoms with Crippen LogP contribution in [0.25, 0.3) is 120 Å². The van der Waals surface area contributed by atoms with Crippen LogP contribution in [0.15, 0.2) is 206 Å². The standard InChI is InChI=1S/C56H34N4S/c1-4-17-37(18-5-1)50-34-46-54(61-50)56(58-55(57-46)38-19-6-2-7-20-38)60-47-31-29-39(33-45(47)44-30-27-36-16-11-13-24-43(36)53(44)60)42-25-14-26-48-52(42)51-41-23-12-10-15-35(41)28-32-49(51)59(48)40-21-8-3-9-22-40/h1-34H. The molecule has 0 aliphatic carbocycles. The van der Waals surface area contributed by atoms with Crippen LogP contribution in [0.1, 0.15) is 0 Å². The largest absolute Gasteiger partial charge is 0.309 e.